The lowest BCUT2D eigenvalue weighted by Gasteiger charge is -2.07. The zero-order valence-electron chi connectivity index (χ0n) is 11.0. The summed E-state index contributed by atoms with van der Waals surface area (Å²) in [7, 11) is 0. The number of rotatable bonds is 6. The summed E-state index contributed by atoms with van der Waals surface area (Å²) in [6, 6.07) is 5.88. The molecule has 1 aromatic rings. The maximum Gasteiger partial charge on any atom is 0.252 e. The minimum atomic E-state index is -0.761. The average molecular weight is 312 g/mol. The van der Waals surface area contributed by atoms with Gasteiger partial charge in [0, 0.05) is 24.4 Å². The number of nitrogens with zero attached hydrogens (tertiary/aromatic N) is 1. The van der Waals surface area contributed by atoms with Crippen LogP contribution in [0.15, 0.2) is 24.3 Å². The van der Waals surface area contributed by atoms with Crippen LogP contribution in [0.3, 0.4) is 0 Å². The summed E-state index contributed by atoms with van der Waals surface area (Å²) < 4.78 is 0. The van der Waals surface area contributed by atoms with Crippen molar-refractivity contribution >= 4 is 23.4 Å². The molecule has 2 N–H and O–H groups in total. The first kappa shape index (κ1) is 15.2. The predicted octanol–water partition coefficient (Wildman–Crippen LogP) is 0.851. The van der Waals surface area contributed by atoms with E-state index >= 15 is 0 Å². The van der Waals surface area contributed by atoms with E-state index in [0.717, 1.165) is 0 Å². The first-order chi connectivity index (χ1) is 10.0. The lowest BCUT2D eigenvalue weighted by molar-refractivity contribution is -0.497. The molecule has 0 radical (unpaired) electrons. The van der Waals surface area contributed by atoms with Gasteiger partial charge in [-0.05, 0) is 12.1 Å². The minimum absolute atomic E-state index is 0.218. The SMILES string of the molecule is O=C(NCCNC(=O)C1CC1[N+](=O)[O-])c1ccccc1Cl. The van der Waals surface area contributed by atoms with E-state index < -0.39 is 16.9 Å². The van der Waals surface area contributed by atoms with E-state index in [1.807, 2.05) is 0 Å². The summed E-state index contributed by atoms with van der Waals surface area (Å²) in [5, 5.41) is 16.0. The second-order valence-electron chi connectivity index (χ2n) is 4.72. The van der Waals surface area contributed by atoms with Crippen molar-refractivity contribution < 1.29 is 14.5 Å². The molecular weight excluding hydrogens is 298 g/mol. The molecule has 1 aliphatic carbocycles. The molecule has 1 aliphatic rings. The lowest BCUT2D eigenvalue weighted by atomic mass is 10.2. The lowest BCUT2D eigenvalue weighted by Crippen LogP contribution is -2.36. The fraction of sp³-hybridized carbons (Fsp3) is 0.385. The van der Waals surface area contributed by atoms with Crippen molar-refractivity contribution in [2.24, 2.45) is 5.92 Å². The van der Waals surface area contributed by atoms with Gasteiger partial charge in [-0.2, -0.15) is 0 Å². The molecule has 8 heteroatoms. The monoisotopic (exact) mass is 311 g/mol. The summed E-state index contributed by atoms with van der Waals surface area (Å²) in [5.74, 6) is -1.22. The maximum absolute atomic E-state index is 11.8. The zero-order valence-corrected chi connectivity index (χ0v) is 11.8. The predicted molar refractivity (Wildman–Crippen MR) is 75.7 cm³/mol. The third-order valence-corrected chi connectivity index (χ3v) is 3.52. The number of hydrogen-bond acceptors (Lipinski definition) is 4. The van der Waals surface area contributed by atoms with Gasteiger partial charge in [0.1, 0.15) is 5.92 Å². The van der Waals surface area contributed by atoms with E-state index in [1.54, 1.807) is 24.3 Å². The first-order valence-corrected chi connectivity index (χ1v) is 6.82. The Kier molecular flexibility index (Phi) is 4.74. The summed E-state index contributed by atoms with van der Waals surface area (Å²) in [4.78, 5) is 33.3. The molecule has 0 bridgehead atoms. The molecule has 0 aromatic heterocycles. The number of halogens is 1. The van der Waals surface area contributed by atoms with Crippen molar-refractivity contribution in [3.63, 3.8) is 0 Å². The maximum atomic E-state index is 11.8. The normalized spacial score (nSPS) is 19.7. The fourth-order valence-corrected chi connectivity index (χ4v) is 2.15. The van der Waals surface area contributed by atoms with Crippen LogP contribution in [-0.4, -0.2) is 35.9 Å². The Balaban J connectivity index is 1.69. The third-order valence-electron chi connectivity index (χ3n) is 3.19. The van der Waals surface area contributed by atoms with Crippen LogP contribution in [0.4, 0.5) is 0 Å². The molecule has 21 heavy (non-hydrogen) atoms. The van der Waals surface area contributed by atoms with Gasteiger partial charge in [0.15, 0.2) is 0 Å². The number of carbonyl (C=O) groups is 2. The van der Waals surface area contributed by atoms with Crippen LogP contribution in [-0.2, 0) is 4.79 Å². The Morgan fingerprint density at radius 2 is 1.95 bits per heavy atom. The number of carbonyl (C=O) groups excluding carboxylic acids is 2. The van der Waals surface area contributed by atoms with Gasteiger partial charge in [-0.15, -0.1) is 0 Å². The second-order valence-corrected chi connectivity index (χ2v) is 5.13. The molecule has 2 amide bonds. The van der Waals surface area contributed by atoms with Crippen molar-refractivity contribution in [3.8, 4) is 0 Å². The van der Waals surface area contributed by atoms with Crippen molar-refractivity contribution in [2.75, 3.05) is 13.1 Å². The van der Waals surface area contributed by atoms with Crippen molar-refractivity contribution in [1.29, 1.82) is 0 Å². The van der Waals surface area contributed by atoms with Gasteiger partial charge in [0.05, 0.1) is 10.6 Å². The standard InChI is InChI=1S/C13H14ClN3O4/c14-10-4-2-1-3-8(10)12(18)15-5-6-16-13(19)9-7-11(9)17(20)21/h1-4,9,11H,5-7H2,(H,15,18)(H,16,19). The Bertz CT molecular complexity index is 578. The van der Waals surface area contributed by atoms with E-state index in [1.165, 1.54) is 0 Å². The fourth-order valence-electron chi connectivity index (χ4n) is 1.93. The quantitative estimate of drug-likeness (QED) is 0.462. The highest BCUT2D eigenvalue weighted by atomic mass is 35.5. The van der Waals surface area contributed by atoms with E-state index in [0.29, 0.717) is 10.6 Å². The van der Waals surface area contributed by atoms with Gasteiger partial charge < -0.3 is 10.6 Å². The molecule has 112 valence electrons. The molecule has 2 unspecified atom stereocenters. The highest BCUT2D eigenvalue weighted by Gasteiger charge is 2.53. The number of benzene rings is 1. The number of hydrogen-bond donors (Lipinski definition) is 2. The topological polar surface area (TPSA) is 101 Å². The van der Waals surface area contributed by atoms with Crippen LogP contribution in [0.2, 0.25) is 5.02 Å². The van der Waals surface area contributed by atoms with Gasteiger partial charge >= 0.3 is 0 Å². The van der Waals surface area contributed by atoms with Crippen LogP contribution >= 0.6 is 11.6 Å². The van der Waals surface area contributed by atoms with Crippen molar-refractivity contribution in [1.82, 2.24) is 10.6 Å². The molecule has 1 aromatic carbocycles. The van der Waals surface area contributed by atoms with Gasteiger partial charge in [0.25, 0.3) is 5.91 Å². The Morgan fingerprint density at radius 3 is 2.57 bits per heavy atom. The Morgan fingerprint density at radius 1 is 1.29 bits per heavy atom. The minimum Gasteiger partial charge on any atom is -0.354 e. The zero-order chi connectivity index (χ0) is 15.4. The molecule has 1 saturated carbocycles. The third kappa shape index (κ3) is 3.91. The van der Waals surface area contributed by atoms with Crippen LogP contribution in [0.1, 0.15) is 16.8 Å². The van der Waals surface area contributed by atoms with E-state index in [9.17, 15) is 19.7 Å². The summed E-state index contributed by atoms with van der Waals surface area (Å²) in [5.41, 5.74) is 0.362. The summed E-state index contributed by atoms with van der Waals surface area (Å²) in [6.45, 7) is 0.446. The molecule has 2 atom stereocenters. The molecule has 2 rings (SSSR count). The number of amides is 2. The molecule has 0 saturated heterocycles. The largest absolute Gasteiger partial charge is 0.354 e. The number of nitro groups is 1. The van der Waals surface area contributed by atoms with E-state index in [4.69, 9.17) is 11.6 Å². The molecule has 1 fully saturated rings. The average Bonchev–Trinajstić information content (AvgIpc) is 3.24. The van der Waals surface area contributed by atoms with Crippen molar-refractivity contribution in [2.45, 2.75) is 12.5 Å². The summed E-state index contributed by atoms with van der Waals surface area (Å²) >= 11 is 5.88. The highest BCUT2D eigenvalue weighted by molar-refractivity contribution is 6.33. The summed E-state index contributed by atoms with van der Waals surface area (Å²) in [6.07, 6.45) is 0.283. The van der Waals surface area contributed by atoms with Crippen LogP contribution in [0.5, 0.6) is 0 Å². The molecular formula is C13H14ClN3O4. The van der Waals surface area contributed by atoms with Crippen LogP contribution in [0, 0.1) is 16.0 Å². The van der Waals surface area contributed by atoms with Gasteiger partial charge in [-0.25, -0.2) is 0 Å². The van der Waals surface area contributed by atoms with Crippen LogP contribution < -0.4 is 10.6 Å². The smallest absolute Gasteiger partial charge is 0.252 e. The second kappa shape index (κ2) is 6.53. The highest BCUT2D eigenvalue weighted by Crippen LogP contribution is 2.32. The molecule has 0 heterocycles. The first-order valence-electron chi connectivity index (χ1n) is 6.44. The Hall–Kier alpha value is -2.15. The van der Waals surface area contributed by atoms with E-state index in [-0.39, 0.29) is 31.3 Å². The van der Waals surface area contributed by atoms with Gasteiger partial charge in [0.2, 0.25) is 11.9 Å². The Labute approximate surface area is 125 Å². The van der Waals surface area contributed by atoms with E-state index in [2.05, 4.69) is 10.6 Å². The van der Waals surface area contributed by atoms with Gasteiger partial charge in [-0.1, -0.05) is 23.7 Å². The molecule has 0 aliphatic heterocycles. The number of nitrogens with one attached hydrogen (secondary N) is 2. The van der Waals surface area contributed by atoms with Crippen LogP contribution in [0.25, 0.3) is 0 Å². The van der Waals surface area contributed by atoms with Gasteiger partial charge in [-0.3, -0.25) is 19.7 Å². The molecule has 0 spiro atoms. The molecule has 7 nitrogen and oxygen atoms in total. The van der Waals surface area contributed by atoms with Crippen molar-refractivity contribution in [3.05, 3.63) is 45.0 Å².